The van der Waals surface area contributed by atoms with E-state index in [1.165, 1.54) is 57.9 Å². The second kappa shape index (κ2) is 5.53. The third-order valence-corrected chi connectivity index (χ3v) is 4.82. The van der Waals surface area contributed by atoms with Crippen LogP contribution in [0.3, 0.4) is 0 Å². The predicted octanol–water partition coefficient (Wildman–Crippen LogP) is 3.98. The number of nitrogens with one attached hydrogen (secondary N) is 1. The van der Waals surface area contributed by atoms with Crippen molar-refractivity contribution in [2.24, 2.45) is 17.3 Å². The summed E-state index contributed by atoms with van der Waals surface area (Å²) in [5.74, 6) is 2.26. The van der Waals surface area contributed by atoms with Gasteiger partial charge >= 0.3 is 0 Å². The van der Waals surface area contributed by atoms with Gasteiger partial charge in [-0.2, -0.15) is 0 Å². The quantitative estimate of drug-likeness (QED) is 0.614. The lowest BCUT2D eigenvalue weighted by Gasteiger charge is -2.31. The third kappa shape index (κ3) is 3.00. The molecule has 2 atom stereocenters. The molecule has 94 valence electrons. The smallest absolute Gasteiger partial charge is 0.000501 e. The Bertz CT molecular complexity index is 201. The Kier molecular flexibility index (Phi) is 4.29. The van der Waals surface area contributed by atoms with Crippen molar-refractivity contribution >= 4 is 0 Å². The lowest BCUT2D eigenvalue weighted by Crippen LogP contribution is -2.31. The molecule has 2 rings (SSSR count). The normalized spacial score (nSPS) is 36.4. The van der Waals surface area contributed by atoms with Crippen LogP contribution < -0.4 is 5.32 Å². The third-order valence-electron chi connectivity index (χ3n) is 4.82. The molecule has 0 radical (unpaired) electrons. The van der Waals surface area contributed by atoms with Crippen molar-refractivity contribution < 1.29 is 0 Å². The molecule has 1 nitrogen and oxygen atoms in total. The first-order chi connectivity index (χ1) is 7.79. The molecule has 16 heavy (non-hydrogen) atoms. The van der Waals surface area contributed by atoms with Gasteiger partial charge in [0.05, 0.1) is 0 Å². The van der Waals surface area contributed by atoms with Crippen molar-refractivity contribution in [1.82, 2.24) is 5.32 Å². The Morgan fingerprint density at radius 1 is 1.06 bits per heavy atom. The van der Waals surface area contributed by atoms with Crippen molar-refractivity contribution in [2.45, 2.75) is 64.7 Å². The highest BCUT2D eigenvalue weighted by Crippen LogP contribution is 2.61. The second-order valence-electron chi connectivity index (χ2n) is 6.36. The summed E-state index contributed by atoms with van der Waals surface area (Å²) in [7, 11) is 2.13. The van der Waals surface area contributed by atoms with Crippen LogP contribution in [0.15, 0.2) is 0 Å². The molecule has 0 aromatic carbocycles. The van der Waals surface area contributed by atoms with Crippen molar-refractivity contribution in [2.75, 3.05) is 13.6 Å². The van der Waals surface area contributed by atoms with E-state index in [0.29, 0.717) is 5.41 Å². The van der Waals surface area contributed by atoms with Gasteiger partial charge in [-0.1, -0.05) is 39.0 Å². The molecule has 2 aliphatic rings. The molecule has 0 heterocycles. The minimum absolute atomic E-state index is 0.703. The zero-order chi connectivity index (χ0) is 11.4. The molecule has 2 aliphatic carbocycles. The van der Waals surface area contributed by atoms with Crippen LogP contribution in [0.5, 0.6) is 0 Å². The van der Waals surface area contributed by atoms with E-state index in [1.807, 2.05) is 0 Å². The number of hydrogen-bond acceptors (Lipinski definition) is 1. The first-order valence-corrected chi connectivity index (χ1v) is 7.44. The molecule has 0 bridgehead atoms. The number of rotatable bonds is 8. The highest BCUT2D eigenvalue weighted by Gasteiger charge is 2.52. The Morgan fingerprint density at radius 3 is 2.38 bits per heavy atom. The Labute approximate surface area is 101 Å². The molecule has 2 fully saturated rings. The molecule has 0 saturated heterocycles. The van der Waals surface area contributed by atoms with E-state index in [-0.39, 0.29) is 0 Å². The molecule has 0 spiro atoms. The van der Waals surface area contributed by atoms with E-state index in [1.54, 1.807) is 6.42 Å². The van der Waals surface area contributed by atoms with Crippen LogP contribution in [-0.4, -0.2) is 13.6 Å². The average molecular weight is 223 g/mol. The molecule has 0 aromatic heterocycles. The summed E-state index contributed by atoms with van der Waals surface area (Å²) < 4.78 is 0. The fourth-order valence-corrected chi connectivity index (χ4v) is 3.92. The molecule has 0 aromatic rings. The van der Waals surface area contributed by atoms with Crippen LogP contribution in [0.4, 0.5) is 0 Å². The lowest BCUT2D eigenvalue weighted by molar-refractivity contribution is 0.227. The summed E-state index contributed by atoms with van der Waals surface area (Å²) in [6.45, 7) is 3.57. The SMILES string of the molecule is CCCCCCCC1(CNC)CC2CC2C1. The highest BCUT2D eigenvalue weighted by atomic mass is 14.8. The molecule has 2 unspecified atom stereocenters. The number of hydrogen-bond donors (Lipinski definition) is 1. The number of unbranched alkanes of at least 4 members (excludes halogenated alkanes) is 4. The van der Waals surface area contributed by atoms with Gasteiger partial charge in [0.15, 0.2) is 0 Å². The van der Waals surface area contributed by atoms with Crippen molar-refractivity contribution in [3.63, 3.8) is 0 Å². The maximum Gasteiger partial charge on any atom is 0.000501 e. The van der Waals surface area contributed by atoms with E-state index in [2.05, 4.69) is 19.3 Å². The van der Waals surface area contributed by atoms with E-state index >= 15 is 0 Å². The zero-order valence-electron chi connectivity index (χ0n) is 11.2. The molecule has 1 N–H and O–H groups in total. The van der Waals surface area contributed by atoms with E-state index in [0.717, 1.165) is 11.8 Å². The Balaban J connectivity index is 1.67. The van der Waals surface area contributed by atoms with Gasteiger partial charge in [-0.05, 0) is 50.0 Å². The summed E-state index contributed by atoms with van der Waals surface area (Å²) >= 11 is 0. The molecular weight excluding hydrogens is 194 g/mol. The van der Waals surface area contributed by atoms with Gasteiger partial charge in [-0.25, -0.2) is 0 Å². The van der Waals surface area contributed by atoms with Gasteiger partial charge in [0.25, 0.3) is 0 Å². The summed E-state index contributed by atoms with van der Waals surface area (Å²) in [6.07, 6.45) is 13.3. The Hall–Kier alpha value is -0.0400. The van der Waals surface area contributed by atoms with Crippen LogP contribution in [0.1, 0.15) is 64.7 Å². The highest BCUT2D eigenvalue weighted by molar-refractivity contribution is 5.03. The predicted molar refractivity (Wildman–Crippen MR) is 70.6 cm³/mol. The van der Waals surface area contributed by atoms with Gasteiger partial charge in [-0.3, -0.25) is 0 Å². The topological polar surface area (TPSA) is 12.0 Å². The molecule has 1 heteroatoms. The maximum absolute atomic E-state index is 3.44. The molecular formula is C15H29N. The standard InChI is InChI=1S/C15H29N/c1-3-4-5-6-7-8-15(12-16-2)10-13-9-14(13)11-15/h13-14,16H,3-12H2,1-2H3. The minimum Gasteiger partial charge on any atom is -0.319 e. The fraction of sp³-hybridized carbons (Fsp3) is 1.00. The summed E-state index contributed by atoms with van der Waals surface area (Å²) in [5, 5.41) is 3.44. The van der Waals surface area contributed by atoms with Crippen LogP contribution in [0.25, 0.3) is 0 Å². The summed E-state index contributed by atoms with van der Waals surface area (Å²) in [6, 6.07) is 0. The Morgan fingerprint density at radius 2 is 1.75 bits per heavy atom. The minimum atomic E-state index is 0.703. The molecule has 0 aliphatic heterocycles. The maximum atomic E-state index is 3.44. The lowest BCUT2D eigenvalue weighted by atomic mass is 9.78. The average Bonchev–Trinajstić information content (AvgIpc) is 2.88. The molecule has 2 saturated carbocycles. The van der Waals surface area contributed by atoms with Crippen LogP contribution >= 0.6 is 0 Å². The monoisotopic (exact) mass is 223 g/mol. The van der Waals surface area contributed by atoms with Crippen LogP contribution in [-0.2, 0) is 0 Å². The van der Waals surface area contributed by atoms with Gasteiger partial charge < -0.3 is 5.32 Å². The van der Waals surface area contributed by atoms with E-state index in [9.17, 15) is 0 Å². The largest absolute Gasteiger partial charge is 0.319 e. The van der Waals surface area contributed by atoms with Crippen molar-refractivity contribution in [1.29, 1.82) is 0 Å². The summed E-state index contributed by atoms with van der Waals surface area (Å²) in [4.78, 5) is 0. The first kappa shape index (κ1) is 12.4. The second-order valence-corrected chi connectivity index (χ2v) is 6.36. The zero-order valence-corrected chi connectivity index (χ0v) is 11.2. The van der Waals surface area contributed by atoms with Gasteiger partial charge in [0, 0.05) is 6.54 Å². The first-order valence-electron chi connectivity index (χ1n) is 7.44. The fourth-order valence-electron chi connectivity index (χ4n) is 3.92. The summed E-state index contributed by atoms with van der Waals surface area (Å²) in [5.41, 5.74) is 0.703. The van der Waals surface area contributed by atoms with E-state index < -0.39 is 0 Å². The van der Waals surface area contributed by atoms with Crippen molar-refractivity contribution in [3.05, 3.63) is 0 Å². The van der Waals surface area contributed by atoms with E-state index in [4.69, 9.17) is 0 Å². The van der Waals surface area contributed by atoms with Crippen molar-refractivity contribution in [3.8, 4) is 0 Å². The molecule has 0 amide bonds. The van der Waals surface area contributed by atoms with Crippen LogP contribution in [0, 0.1) is 17.3 Å². The van der Waals surface area contributed by atoms with Gasteiger partial charge in [-0.15, -0.1) is 0 Å². The van der Waals surface area contributed by atoms with Crippen LogP contribution in [0.2, 0.25) is 0 Å². The van der Waals surface area contributed by atoms with Gasteiger partial charge in [0.1, 0.15) is 0 Å². The van der Waals surface area contributed by atoms with Gasteiger partial charge in [0.2, 0.25) is 0 Å². The number of fused-ring (bicyclic) bond motifs is 1.